The Hall–Kier alpha value is -2.86. The van der Waals surface area contributed by atoms with Gasteiger partial charge in [0.15, 0.2) is 11.5 Å². The Labute approximate surface area is 149 Å². The van der Waals surface area contributed by atoms with E-state index in [1.165, 1.54) is 20.3 Å². The number of fused-ring (bicyclic) bond motifs is 1. The van der Waals surface area contributed by atoms with Crippen molar-refractivity contribution in [3.8, 4) is 23.0 Å². The summed E-state index contributed by atoms with van der Waals surface area (Å²) in [6, 6.07) is 8.62. The van der Waals surface area contributed by atoms with E-state index in [0.29, 0.717) is 33.7 Å². The van der Waals surface area contributed by atoms with Gasteiger partial charge in [0.1, 0.15) is 11.5 Å². The zero-order valence-corrected chi connectivity index (χ0v) is 14.4. The normalized spacial score (nSPS) is 12.3. The van der Waals surface area contributed by atoms with Crippen LogP contribution in [0.25, 0.3) is 6.08 Å². The number of hydrogen-bond acceptors (Lipinski definition) is 5. The molecule has 2 aromatic carbocycles. The highest BCUT2D eigenvalue weighted by Gasteiger charge is 2.13. The molecule has 3 rings (SSSR count). The monoisotopic (exact) mass is 361 g/mol. The van der Waals surface area contributed by atoms with Crippen molar-refractivity contribution in [2.75, 3.05) is 26.3 Å². The topological polar surface area (TPSA) is 66.0 Å². The van der Waals surface area contributed by atoms with Gasteiger partial charge in [-0.25, -0.2) is 0 Å². The SMILES string of the molecule is COc1cc(NC(=O)/C=C/c2ccc3c(c2)OCO3)c(OC)cc1Cl. The van der Waals surface area contributed by atoms with Crippen LogP contribution in [0.2, 0.25) is 5.02 Å². The van der Waals surface area contributed by atoms with E-state index >= 15 is 0 Å². The molecule has 0 spiro atoms. The third-order valence-electron chi connectivity index (χ3n) is 3.56. The van der Waals surface area contributed by atoms with Gasteiger partial charge in [-0.3, -0.25) is 4.79 Å². The van der Waals surface area contributed by atoms with Crippen molar-refractivity contribution in [1.29, 1.82) is 0 Å². The predicted molar refractivity (Wildman–Crippen MR) is 94.8 cm³/mol. The summed E-state index contributed by atoms with van der Waals surface area (Å²) in [6.45, 7) is 0.210. The Morgan fingerprint density at radius 3 is 2.64 bits per heavy atom. The van der Waals surface area contributed by atoms with E-state index in [2.05, 4.69) is 5.32 Å². The average Bonchev–Trinajstić information content (AvgIpc) is 3.08. The molecule has 2 aromatic rings. The molecule has 1 N–H and O–H groups in total. The molecule has 0 saturated carbocycles. The summed E-state index contributed by atoms with van der Waals surface area (Å²) in [6.07, 6.45) is 3.09. The molecular formula is C18H16ClNO5. The van der Waals surface area contributed by atoms with Crippen LogP contribution in [-0.4, -0.2) is 26.9 Å². The molecule has 0 saturated heterocycles. The van der Waals surface area contributed by atoms with Crippen LogP contribution in [-0.2, 0) is 4.79 Å². The lowest BCUT2D eigenvalue weighted by molar-refractivity contribution is -0.111. The second-order valence-electron chi connectivity index (χ2n) is 5.12. The third-order valence-corrected chi connectivity index (χ3v) is 3.85. The number of carbonyl (C=O) groups excluding carboxylic acids is 1. The van der Waals surface area contributed by atoms with Gasteiger partial charge in [-0.1, -0.05) is 17.7 Å². The zero-order chi connectivity index (χ0) is 17.8. The first kappa shape index (κ1) is 17.0. The number of nitrogens with one attached hydrogen (secondary N) is 1. The summed E-state index contributed by atoms with van der Waals surface area (Å²) >= 11 is 6.05. The number of halogens is 1. The number of carbonyl (C=O) groups is 1. The number of benzene rings is 2. The fraction of sp³-hybridized carbons (Fsp3) is 0.167. The fourth-order valence-electron chi connectivity index (χ4n) is 2.32. The lowest BCUT2D eigenvalue weighted by Gasteiger charge is -2.12. The summed E-state index contributed by atoms with van der Waals surface area (Å²) in [4.78, 5) is 12.2. The predicted octanol–water partition coefficient (Wildman–Crippen LogP) is 3.74. The Morgan fingerprint density at radius 1 is 1.12 bits per heavy atom. The molecule has 1 heterocycles. The maximum atomic E-state index is 12.2. The van der Waals surface area contributed by atoms with E-state index in [9.17, 15) is 4.79 Å². The van der Waals surface area contributed by atoms with Gasteiger partial charge in [-0.05, 0) is 23.8 Å². The van der Waals surface area contributed by atoms with Crippen molar-refractivity contribution in [1.82, 2.24) is 0 Å². The first-order valence-electron chi connectivity index (χ1n) is 7.41. The minimum Gasteiger partial charge on any atom is -0.495 e. The summed E-state index contributed by atoms with van der Waals surface area (Å²) in [7, 11) is 3.00. The Kier molecular flexibility index (Phi) is 5.00. The fourth-order valence-corrected chi connectivity index (χ4v) is 2.55. The molecule has 6 nitrogen and oxygen atoms in total. The summed E-state index contributed by atoms with van der Waals surface area (Å²) in [5.74, 6) is 1.92. The van der Waals surface area contributed by atoms with Crippen molar-refractivity contribution >= 4 is 29.3 Å². The van der Waals surface area contributed by atoms with Gasteiger partial charge in [0.2, 0.25) is 12.7 Å². The highest BCUT2D eigenvalue weighted by Crippen LogP contribution is 2.36. The van der Waals surface area contributed by atoms with Gasteiger partial charge < -0.3 is 24.3 Å². The maximum Gasteiger partial charge on any atom is 0.248 e. The first-order chi connectivity index (χ1) is 12.1. The number of methoxy groups -OCH3 is 2. The van der Waals surface area contributed by atoms with Crippen molar-refractivity contribution in [2.45, 2.75) is 0 Å². The van der Waals surface area contributed by atoms with E-state index < -0.39 is 0 Å². The minimum atomic E-state index is -0.319. The second-order valence-corrected chi connectivity index (χ2v) is 5.53. The molecule has 130 valence electrons. The highest BCUT2D eigenvalue weighted by atomic mass is 35.5. The summed E-state index contributed by atoms with van der Waals surface area (Å²) < 4.78 is 20.9. The van der Waals surface area contributed by atoms with Crippen LogP contribution < -0.4 is 24.3 Å². The van der Waals surface area contributed by atoms with Gasteiger partial charge in [-0.2, -0.15) is 0 Å². The highest BCUT2D eigenvalue weighted by molar-refractivity contribution is 6.32. The molecule has 0 aromatic heterocycles. The maximum absolute atomic E-state index is 12.2. The molecule has 1 aliphatic heterocycles. The van der Waals surface area contributed by atoms with E-state index in [1.807, 2.05) is 6.07 Å². The third kappa shape index (κ3) is 3.80. The Bertz CT molecular complexity index is 834. The van der Waals surface area contributed by atoms with E-state index in [1.54, 1.807) is 30.3 Å². The quantitative estimate of drug-likeness (QED) is 0.822. The van der Waals surface area contributed by atoms with Gasteiger partial charge in [-0.15, -0.1) is 0 Å². The van der Waals surface area contributed by atoms with Gasteiger partial charge in [0.25, 0.3) is 0 Å². The van der Waals surface area contributed by atoms with E-state index in [0.717, 1.165) is 5.56 Å². The average molecular weight is 362 g/mol. The molecule has 0 bridgehead atoms. The smallest absolute Gasteiger partial charge is 0.248 e. The van der Waals surface area contributed by atoms with Gasteiger partial charge >= 0.3 is 0 Å². The van der Waals surface area contributed by atoms with Crippen molar-refractivity contribution in [3.05, 3.63) is 47.0 Å². The molecule has 25 heavy (non-hydrogen) atoms. The molecule has 0 unspecified atom stereocenters. The van der Waals surface area contributed by atoms with Crippen LogP contribution in [0.5, 0.6) is 23.0 Å². The molecule has 1 aliphatic rings. The van der Waals surface area contributed by atoms with Crippen LogP contribution >= 0.6 is 11.6 Å². The van der Waals surface area contributed by atoms with Crippen LogP contribution in [0, 0.1) is 0 Å². The molecule has 1 amide bonds. The van der Waals surface area contributed by atoms with E-state index in [4.69, 9.17) is 30.5 Å². The van der Waals surface area contributed by atoms with Gasteiger partial charge in [0.05, 0.1) is 24.9 Å². The van der Waals surface area contributed by atoms with Crippen molar-refractivity contribution in [3.63, 3.8) is 0 Å². The lowest BCUT2D eigenvalue weighted by atomic mass is 10.2. The molecule has 0 fully saturated rings. The first-order valence-corrected chi connectivity index (χ1v) is 7.78. The van der Waals surface area contributed by atoms with E-state index in [-0.39, 0.29) is 12.7 Å². The number of ether oxygens (including phenoxy) is 4. The summed E-state index contributed by atoms with van der Waals surface area (Å²) in [5, 5.41) is 3.14. The molecule has 0 radical (unpaired) electrons. The number of anilines is 1. The van der Waals surface area contributed by atoms with Crippen LogP contribution in [0.4, 0.5) is 5.69 Å². The largest absolute Gasteiger partial charge is 0.495 e. The van der Waals surface area contributed by atoms with Crippen LogP contribution in [0.1, 0.15) is 5.56 Å². The molecular weight excluding hydrogens is 346 g/mol. The molecule has 0 aliphatic carbocycles. The van der Waals surface area contributed by atoms with Crippen molar-refractivity contribution < 1.29 is 23.7 Å². The zero-order valence-electron chi connectivity index (χ0n) is 13.7. The lowest BCUT2D eigenvalue weighted by Crippen LogP contribution is -2.09. The minimum absolute atomic E-state index is 0.210. The van der Waals surface area contributed by atoms with Crippen molar-refractivity contribution in [2.24, 2.45) is 0 Å². The number of hydrogen-bond donors (Lipinski definition) is 1. The second kappa shape index (κ2) is 7.36. The van der Waals surface area contributed by atoms with Gasteiger partial charge in [0, 0.05) is 18.2 Å². The number of rotatable bonds is 5. The summed E-state index contributed by atoms with van der Waals surface area (Å²) in [5.41, 5.74) is 1.28. The Balaban J connectivity index is 1.74. The number of amides is 1. The molecule has 0 atom stereocenters. The van der Waals surface area contributed by atoms with Crippen LogP contribution in [0.15, 0.2) is 36.4 Å². The van der Waals surface area contributed by atoms with Crippen LogP contribution in [0.3, 0.4) is 0 Å². The standard InChI is InChI=1S/C18H16ClNO5/c1-22-15-9-13(16(23-2)8-12(15)19)20-18(21)6-4-11-3-5-14-17(7-11)25-10-24-14/h3-9H,10H2,1-2H3,(H,20,21)/b6-4+. The Morgan fingerprint density at radius 2 is 1.88 bits per heavy atom. The molecule has 7 heteroatoms.